The highest BCUT2D eigenvalue weighted by Gasteiger charge is 2.27. The number of nitrogens with zero attached hydrogens (tertiary/aromatic N) is 4. The number of anilines is 1. The Bertz CT molecular complexity index is 1340. The Balaban J connectivity index is 1.33. The van der Waals surface area contributed by atoms with Crippen molar-refractivity contribution in [2.45, 2.75) is 25.7 Å². The average molecular weight is 553 g/mol. The fourth-order valence-electron chi connectivity index (χ4n) is 4.71. The quantitative estimate of drug-likeness (QED) is 0.306. The van der Waals surface area contributed by atoms with E-state index in [1.165, 1.54) is 0 Å². The van der Waals surface area contributed by atoms with Gasteiger partial charge in [-0.25, -0.2) is 4.98 Å². The van der Waals surface area contributed by atoms with Gasteiger partial charge in [-0.3, -0.25) is 4.79 Å². The van der Waals surface area contributed by atoms with Gasteiger partial charge in [-0.05, 0) is 53.2 Å². The molecule has 2 atom stereocenters. The Morgan fingerprint density at radius 2 is 1.97 bits per heavy atom. The minimum atomic E-state index is -0.137. The largest absolute Gasteiger partial charge is 0.370 e. The van der Waals surface area contributed by atoms with Crippen LogP contribution in [0.3, 0.4) is 0 Å². The van der Waals surface area contributed by atoms with Crippen LogP contribution in [0.5, 0.6) is 0 Å². The lowest BCUT2D eigenvalue weighted by Gasteiger charge is -2.34. The van der Waals surface area contributed by atoms with E-state index in [1.54, 1.807) is 10.7 Å². The molecule has 1 N–H and O–H groups in total. The Morgan fingerprint density at radius 1 is 1.20 bits per heavy atom. The van der Waals surface area contributed by atoms with Crippen LogP contribution in [-0.2, 0) is 4.79 Å². The highest BCUT2D eigenvalue weighted by Crippen LogP contribution is 2.31. The number of hydrogen-bond acceptors (Lipinski definition) is 4. The van der Waals surface area contributed by atoms with Gasteiger partial charge in [0.15, 0.2) is 5.65 Å². The number of amides is 1. The zero-order valence-corrected chi connectivity index (χ0v) is 21.8. The fourth-order valence-corrected chi connectivity index (χ4v) is 5.29. The Labute approximate surface area is 218 Å². The van der Waals surface area contributed by atoms with Gasteiger partial charge < -0.3 is 10.2 Å². The zero-order valence-electron chi connectivity index (χ0n) is 19.5. The summed E-state index contributed by atoms with van der Waals surface area (Å²) in [6.45, 7) is 4.30. The minimum Gasteiger partial charge on any atom is -0.370 e. The van der Waals surface area contributed by atoms with Crippen LogP contribution < -0.4 is 5.32 Å². The molecule has 1 aliphatic rings. The number of carbonyl (C=O) groups excluding carboxylic acids is 1. The molecule has 1 amide bonds. The molecule has 8 heteroatoms. The summed E-state index contributed by atoms with van der Waals surface area (Å²) in [5.74, 6) is 1.25. The predicted molar refractivity (Wildman–Crippen MR) is 144 cm³/mol. The topological polar surface area (TPSA) is 62.5 Å². The van der Waals surface area contributed by atoms with Crippen LogP contribution in [0.2, 0.25) is 5.02 Å². The van der Waals surface area contributed by atoms with E-state index >= 15 is 0 Å². The van der Waals surface area contributed by atoms with Crippen molar-refractivity contribution in [1.29, 1.82) is 0 Å². The van der Waals surface area contributed by atoms with Crippen molar-refractivity contribution in [3.05, 3.63) is 81.9 Å². The van der Waals surface area contributed by atoms with Gasteiger partial charge in [0, 0.05) is 36.3 Å². The lowest BCUT2D eigenvalue weighted by atomic mass is 9.94. The maximum absolute atomic E-state index is 13.2. The Morgan fingerprint density at radius 3 is 2.77 bits per heavy atom. The van der Waals surface area contributed by atoms with E-state index in [2.05, 4.69) is 26.3 Å². The molecule has 0 spiro atoms. The highest BCUT2D eigenvalue weighted by molar-refractivity contribution is 9.10. The van der Waals surface area contributed by atoms with E-state index in [9.17, 15) is 4.79 Å². The molecular formula is C27H27BrClN5O. The number of carbonyl (C=O) groups is 1. The number of hydrogen-bond donors (Lipinski definition) is 1. The first-order valence-corrected chi connectivity index (χ1v) is 13.0. The number of halogens is 2. The molecule has 5 rings (SSSR count). The molecule has 0 aliphatic carbocycles. The minimum absolute atomic E-state index is 0.137. The molecular weight excluding hydrogens is 526 g/mol. The molecule has 3 heterocycles. The molecule has 4 aromatic rings. The first kappa shape index (κ1) is 23.8. The van der Waals surface area contributed by atoms with Gasteiger partial charge in [0.05, 0.1) is 22.3 Å². The van der Waals surface area contributed by atoms with Crippen LogP contribution in [0, 0.1) is 5.92 Å². The van der Waals surface area contributed by atoms with Crippen molar-refractivity contribution in [3.8, 4) is 11.3 Å². The molecule has 6 nitrogen and oxygen atoms in total. The third kappa shape index (κ3) is 5.07. The number of aromatic nitrogens is 3. The number of rotatable bonds is 6. The summed E-state index contributed by atoms with van der Waals surface area (Å²) in [4.78, 5) is 20.0. The summed E-state index contributed by atoms with van der Waals surface area (Å²) in [5.41, 5.74) is 3.44. The molecule has 2 unspecified atom stereocenters. The zero-order chi connectivity index (χ0) is 24.4. The van der Waals surface area contributed by atoms with Gasteiger partial charge in [0.2, 0.25) is 5.91 Å². The third-order valence-corrected chi connectivity index (χ3v) is 7.54. The summed E-state index contributed by atoms with van der Waals surface area (Å²) >= 11 is 10.0. The molecule has 35 heavy (non-hydrogen) atoms. The van der Waals surface area contributed by atoms with Crippen LogP contribution in [0.1, 0.15) is 31.2 Å². The lowest BCUT2D eigenvalue weighted by molar-refractivity contribution is -0.134. The van der Waals surface area contributed by atoms with E-state index in [0.717, 1.165) is 65.2 Å². The number of fused-ring (bicyclic) bond motifs is 1. The van der Waals surface area contributed by atoms with E-state index < -0.39 is 0 Å². The van der Waals surface area contributed by atoms with Gasteiger partial charge in [-0.1, -0.05) is 60.1 Å². The number of nitrogens with one attached hydrogen (secondary N) is 1. The Kier molecular flexibility index (Phi) is 7.07. The highest BCUT2D eigenvalue weighted by atomic mass is 79.9. The number of likely N-dealkylation sites (tertiary alicyclic amines) is 1. The van der Waals surface area contributed by atoms with E-state index in [1.807, 2.05) is 72.5 Å². The molecule has 1 fully saturated rings. The standard InChI is InChI=1S/C27H27BrClN5O/c1-18(20-9-3-2-4-10-20)27(35)33-13-7-8-19(17-33)15-30-25-14-24(21-11-5-6-12-23(21)29)32-26-22(28)16-31-34(25)26/h2-6,9-12,14,16,18-19,30H,7-8,13,15,17H2,1H3. The van der Waals surface area contributed by atoms with Crippen LogP contribution in [-0.4, -0.2) is 45.0 Å². The van der Waals surface area contributed by atoms with Gasteiger partial charge in [0.1, 0.15) is 5.82 Å². The van der Waals surface area contributed by atoms with E-state index in [4.69, 9.17) is 16.6 Å². The average Bonchev–Trinajstić information content (AvgIpc) is 3.28. The van der Waals surface area contributed by atoms with Crippen molar-refractivity contribution >= 4 is 44.9 Å². The summed E-state index contributed by atoms with van der Waals surface area (Å²) in [6, 6.07) is 19.7. The molecule has 2 aromatic heterocycles. The van der Waals surface area contributed by atoms with Gasteiger partial charge in [0.25, 0.3) is 0 Å². The summed E-state index contributed by atoms with van der Waals surface area (Å²) < 4.78 is 2.62. The maximum atomic E-state index is 13.2. The van der Waals surface area contributed by atoms with Crippen molar-refractivity contribution in [2.24, 2.45) is 5.92 Å². The van der Waals surface area contributed by atoms with Crippen LogP contribution in [0.4, 0.5) is 5.82 Å². The first-order valence-electron chi connectivity index (χ1n) is 11.9. The third-order valence-electron chi connectivity index (χ3n) is 6.65. The van der Waals surface area contributed by atoms with Gasteiger partial charge >= 0.3 is 0 Å². The SMILES string of the molecule is CC(C(=O)N1CCCC(CNc2cc(-c3ccccc3Cl)nc3c(Br)cnn23)C1)c1ccccc1. The van der Waals surface area contributed by atoms with Crippen LogP contribution >= 0.6 is 27.5 Å². The van der Waals surface area contributed by atoms with E-state index in [-0.39, 0.29) is 11.8 Å². The molecule has 0 saturated carbocycles. The van der Waals surface area contributed by atoms with Gasteiger partial charge in [-0.2, -0.15) is 9.61 Å². The second kappa shape index (κ2) is 10.4. The van der Waals surface area contributed by atoms with Crippen molar-refractivity contribution in [1.82, 2.24) is 19.5 Å². The van der Waals surface area contributed by atoms with Crippen molar-refractivity contribution < 1.29 is 4.79 Å². The summed E-state index contributed by atoms with van der Waals surface area (Å²) in [7, 11) is 0. The van der Waals surface area contributed by atoms with Crippen LogP contribution in [0.15, 0.2) is 71.3 Å². The smallest absolute Gasteiger partial charge is 0.229 e. The predicted octanol–water partition coefficient (Wildman–Crippen LogP) is 6.27. The maximum Gasteiger partial charge on any atom is 0.229 e. The Hall–Kier alpha value is -2.90. The van der Waals surface area contributed by atoms with E-state index in [0.29, 0.717) is 10.9 Å². The number of benzene rings is 2. The molecule has 1 saturated heterocycles. The van der Waals surface area contributed by atoms with Crippen LogP contribution in [0.25, 0.3) is 16.9 Å². The second-order valence-corrected chi connectivity index (χ2v) is 10.3. The molecule has 0 bridgehead atoms. The summed E-state index contributed by atoms with van der Waals surface area (Å²) in [6.07, 6.45) is 3.82. The second-order valence-electron chi connectivity index (χ2n) is 9.04. The normalized spacial score (nSPS) is 16.9. The molecule has 0 radical (unpaired) electrons. The molecule has 2 aromatic carbocycles. The number of piperidine rings is 1. The lowest BCUT2D eigenvalue weighted by Crippen LogP contribution is -2.43. The fraction of sp³-hybridized carbons (Fsp3) is 0.296. The van der Waals surface area contributed by atoms with Gasteiger partial charge in [-0.15, -0.1) is 0 Å². The monoisotopic (exact) mass is 551 g/mol. The summed E-state index contributed by atoms with van der Waals surface area (Å²) in [5, 5.41) is 8.72. The molecule has 1 aliphatic heterocycles. The van der Waals surface area contributed by atoms with Crippen molar-refractivity contribution in [3.63, 3.8) is 0 Å². The van der Waals surface area contributed by atoms with Crippen molar-refractivity contribution in [2.75, 3.05) is 25.0 Å². The first-order chi connectivity index (χ1) is 17.0. The molecule has 180 valence electrons.